The van der Waals surface area contributed by atoms with E-state index in [1.807, 2.05) is 49.7 Å². The van der Waals surface area contributed by atoms with Gasteiger partial charge in [0.15, 0.2) is 0 Å². The zero-order chi connectivity index (χ0) is 14.6. The van der Waals surface area contributed by atoms with Crippen LogP contribution in [0.15, 0.2) is 16.8 Å². The molecule has 0 aliphatic carbocycles. The van der Waals surface area contributed by atoms with Crippen molar-refractivity contribution in [2.75, 3.05) is 27.7 Å². The Kier molecular flexibility index (Phi) is 5.94. The lowest BCUT2D eigenvalue weighted by Gasteiger charge is -2.26. The Morgan fingerprint density at radius 1 is 1.32 bits per heavy atom. The van der Waals surface area contributed by atoms with Crippen molar-refractivity contribution in [3.63, 3.8) is 0 Å². The summed E-state index contributed by atoms with van der Waals surface area (Å²) < 4.78 is 28.1. The zero-order valence-corrected chi connectivity index (χ0v) is 13.8. The van der Waals surface area contributed by atoms with Crippen LogP contribution in [0.3, 0.4) is 0 Å². The van der Waals surface area contributed by atoms with Gasteiger partial charge in [0.1, 0.15) is 0 Å². The minimum absolute atomic E-state index is 0.0431. The van der Waals surface area contributed by atoms with Gasteiger partial charge in [0.2, 0.25) is 0 Å². The molecule has 1 rings (SSSR count). The summed E-state index contributed by atoms with van der Waals surface area (Å²) in [6, 6.07) is 2.01. The topological polar surface area (TPSA) is 52.7 Å². The van der Waals surface area contributed by atoms with Crippen LogP contribution >= 0.6 is 11.3 Å². The number of nitrogens with one attached hydrogen (secondary N) is 1. The molecule has 19 heavy (non-hydrogen) atoms. The number of nitrogens with zero attached hydrogens (tertiary/aromatic N) is 2. The fourth-order valence-electron chi connectivity index (χ4n) is 1.63. The van der Waals surface area contributed by atoms with Gasteiger partial charge in [-0.2, -0.15) is 24.1 Å². The summed E-state index contributed by atoms with van der Waals surface area (Å²) in [6.07, 6.45) is 0. The summed E-state index contributed by atoms with van der Waals surface area (Å²) in [4.78, 5) is 2.01. The zero-order valence-electron chi connectivity index (χ0n) is 12.1. The molecular weight excluding hydrogens is 282 g/mol. The fourth-order valence-corrected chi connectivity index (χ4v) is 3.46. The first kappa shape index (κ1) is 16.6. The van der Waals surface area contributed by atoms with Crippen LogP contribution in [0, 0.1) is 0 Å². The molecular formula is C12H23N3O2S2. The first-order valence-corrected chi connectivity index (χ1v) is 8.55. The number of hydrogen-bond acceptors (Lipinski definition) is 4. The Labute approximate surface area is 120 Å². The number of hydrogen-bond donors (Lipinski definition) is 1. The molecule has 0 unspecified atom stereocenters. The quantitative estimate of drug-likeness (QED) is 0.831. The summed E-state index contributed by atoms with van der Waals surface area (Å²) in [5.41, 5.74) is 1.13. The maximum atomic E-state index is 12.1. The third kappa shape index (κ3) is 4.54. The maximum Gasteiger partial charge on any atom is 0.279 e. The van der Waals surface area contributed by atoms with Gasteiger partial charge in [-0.25, -0.2) is 4.72 Å². The van der Waals surface area contributed by atoms with E-state index < -0.39 is 10.2 Å². The summed E-state index contributed by atoms with van der Waals surface area (Å²) in [5, 5.41) is 4.05. The smallest absolute Gasteiger partial charge is 0.279 e. The van der Waals surface area contributed by atoms with Gasteiger partial charge in [0.05, 0.1) is 0 Å². The monoisotopic (exact) mass is 305 g/mol. The molecule has 0 fully saturated rings. The predicted octanol–water partition coefficient (Wildman–Crippen LogP) is 1.53. The second-order valence-electron chi connectivity index (χ2n) is 5.00. The Bertz CT molecular complexity index is 469. The van der Waals surface area contributed by atoms with Gasteiger partial charge in [-0.05, 0) is 50.3 Å². The molecule has 0 radical (unpaired) electrons. The molecule has 0 aliphatic rings. The molecule has 1 N–H and O–H groups in total. The van der Waals surface area contributed by atoms with Gasteiger partial charge in [0, 0.05) is 25.7 Å². The van der Waals surface area contributed by atoms with E-state index in [0.717, 1.165) is 5.56 Å². The largest absolute Gasteiger partial charge is 0.301 e. The van der Waals surface area contributed by atoms with Crippen LogP contribution in [0.5, 0.6) is 0 Å². The van der Waals surface area contributed by atoms with Crippen molar-refractivity contribution in [1.82, 2.24) is 13.9 Å². The van der Waals surface area contributed by atoms with Crippen molar-refractivity contribution in [3.05, 3.63) is 22.4 Å². The van der Waals surface area contributed by atoms with Crippen molar-refractivity contribution < 1.29 is 8.42 Å². The number of thiophene rings is 1. The van der Waals surface area contributed by atoms with E-state index in [0.29, 0.717) is 6.54 Å². The van der Waals surface area contributed by atoms with E-state index in [2.05, 4.69) is 4.72 Å². The van der Waals surface area contributed by atoms with Gasteiger partial charge >= 0.3 is 0 Å². The third-order valence-electron chi connectivity index (χ3n) is 3.12. The van der Waals surface area contributed by atoms with Crippen molar-refractivity contribution in [2.45, 2.75) is 25.9 Å². The lowest BCUT2D eigenvalue weighted by Crippen LogP contribution is -2.44. The minimum atomic E-state index is -3.42. The second kappa shape index (κ2) is 6.81. The van der Waals surface area contributed by atoms with Gasteiger partial charge in [-0.15, -0.1) is 0 Å². The normalized spacial score (nSPS) is 14.5. The minimum Gasteiger partial charge on any atom is -0.301 e. The van der Waals surface area contributed by atoms with Crippen LogP contribution in [-0.4, -0.2) is 51.4 Å². The average Bonchev–Trinajstić information content (AvgIpc) is 2.81. The van der Waals surface area contributed by atoms with Crippen LogP contribution in [0.4, 0.5) is 0 Å². The molecule has 1 aromatic heterocycles. The highest BCUT2D eigenvalue weighted by Crippen LogP contribution is 2.20. The molecule has 0 saturated carbocycles. The molecule has 7 heteroatoms. The lowest BCUT2D eigenvalue weighted by atomic mass is 10.1. The van der Waals surface area contributed by atoms with Crippen molar-refractivity contribution in [2.24, 2.45) is 0 Å². The summed E-state index contributed by atoms with van der Waals surface area (Å²) in [6.45, 7) is 4.06. The van der Waals surface area contributed by atoms with Crippen LogP contribution in [-0.2, 0) is 10.2 Å². The van der Waals surface area contributed by atoms with Gasteiger partial charge in [-0.1, -0.05) is 0 Å². The SMILES string of the molecule is CC(C)N(C)S(=O)(=O)NC[C@H](c1ccsc1)N(C)C. The molecule has 1 aromatic rings. The van der Waals surface area contributed by atoms with Crippen LogP contribution in [0.2, 0.25) is 0 Å². The summed E-state index contributed by atoms with van der Waals surface area (Å²) >= 11 is 1.62. The molecule has 0 aromatic carbocycles. The number of likely N-dealkylation sites (N-methyl/N-ethyl adjacent to an activating group) is 1. The van der Waals surface area contributed by atoms with E-state index in [1.54, 1.807) is 18.4 Å². The predicted molar refractivity (Wildman–Crippen MR) is 80.6 cm³/mol. The van der Waals surface area contributed by atoms with Gasteiger partial charge in [0.25, 0.3) is 10.2 Å². The van der Waals surface area contributed by atoms with Crippen LogP contribution < -0.4 is 4.72 Å². The van der Waals surface area contributed by atoms with E-state index in [4.69, 9.17) is 0 Å². The average molecular weight is 305 g/mol. The highest BCUT2D eigenvalue weighted by Gasteiger charge is 2.23. The molecule has 0 aliphatic heterocycles. The third-order valence-corrected chi connectivity index (χ3v) is 5.53. The highest BCUT2D eigenvalue weighted by atomic mass is 32.2. The Morgan fingerprint density at radius 3 is 2.37 bits per heavy atom. The molecule has 0 spiro atoms. The van der Waals surface area contributed by atoms with Crippen molar-refractivity contribution in [1.29, 1.82) is 0 Å². The Morgan fingerprint density at radius 2 is 1.95 bits per heavy atom. The second-order valence-corrected chi connectivity index (χ2v) is 7.59. The summed E-state index contributed by atoms with van der Waals surface area (Å²) in [5.74, 6) is 0. The van der Waals surface area contributed by atoms with E-state index in [1.165, 1.54) is 4.31 Å². The molecule has 1 atom stereocenters. The standard InChI is InChI=1S/C12H23N3O2S2/c1-10(2)15(5)19(16,17)13-8-12(14(3)4)11-6-7-18-9-11/h6-7,9-10,12-13H,8H2,1-5H3/t12-/m1/s1. The fraction of sp³-hybridized carbons (Fsp3) is 0.667. The Balaban J connectivity index is 2.73. The molecule has 0 saturated heterocycles. The van der Waals surface area contributed by atoms with E-state index >= 15 is 0 Å². The molecule has 1 heterocycles. The first-order valence-electron chi connectivity index (χ1n) is 6.17. The van der Waals surface area contributed by atoms with E-state index in [-0.39, 0.29) is 12.1 Å². The molecule has 5 nitrogen and oxygen atoms in total. The van der Waals surface area contributed by atoms with Crippen LogP contribution in [0.25, 0.3) is 0 Å². The molecule has 110 valence electrons. The summed E-state index contributed by atoms with van der Waals surface area (Å²) in [7, 11) is 2.06. The molecule has 0 bridgehead atoms. The van der Waals surface area contributed by atoms with Gasteiger partial charge < -0.3 is 4.90 Å². The van der Waals surface area contributed by atoms with E-state index in [9.17, 15) is 8.42 Å². The maximum absolute atomic E-state index is 12.1. The Hall–Kier alpha value is -0.470. The van der Waals surface area contributed by atoms with Crippen molar-refractivity contribution >= 4 is 21.5 Å². The van der Waals surface area contributed by atoms with Gasteiger partial charge in [-0.3, -0.25) is 0 Å². The first-order chi connectivity index (χ1) is 8.75. The van der Waals surface area contributed by atoms with Crippen molar-refractivity contribution in [3.8, 4) is 0 Å². The molecule has 0 amide bonds. The number of rotatable bonds is 7. The highest BCUT2D eigenvalue weighted by molar-refractivity contribution is 7.87. The lowest BCUT2D eigenvalue weighted by molar-refractivity contribution is 0.297. The van der Waals surface area contributed by atoms with Crippen LogP contribution in [0.1, 0.15) is 25.5 Å².